The molecule has 2 aromatic rings. The minimum absolute atomic E-state index is 0.130. The van der Waals surface area contributed by atoms with Crippen LogP contribution in [0.25, 0.3) is 0 Å². The van der Waals surface area contributed by atoms with Gasteiger partial charge in [-0.25, -0.2) is 4.39 Å². The fourth-order valence-electron chi connectivity index (χ4n) is 1.35. The van der Waals surface area contributed by atoms with E-state index in [2.05, 4.69) is 15.5 Å². The van der Waals surface area contributed by atoms with Gasteiger partial charge in [-0.2, -0.15) is 5.10 Å². The summed E-state index contributed by atoms with van der Waals surface area (Å²) in [7, 11) is 0. The van der Waals surface area contributed by atoms with Crippen molar-refractivity contribution in [3.8, 4) is 0 Å². The van der Waals surface area contributed by atoms with Crippen LogP contribution in [0, 0.1) is 5.82 Å². The van der Waals surface area contributed by atoms with Crippen LogP contribution in [0.3, 0.4) is 0 Å². The molecule has 1 aromatic carbocycles. The molecule has 0 radical (unpaired) electrons. The number of aromatic nitrogens is 2. The lowest BCUT2D eigenvalue weighted by atomic mass is 10.1. The van der Waals surface area contributed by atoms with E-state index in [0.29, 0.717) is 11.4 Å². The van der Waals surface area contributed by atoms with Crippen molar-refractivity contribution in [2.24, 2.45) is 0 Å². The molecule has 16 heavy (non-hydrogen) atoms. The number of rotatable bonds is 3. The molecular weight excluding hydrogens is 209 g/mol. The minimum Gasteiger partial charge on any atom is -0.309 e. The third kappa shape index (κ3) is 2.66. The maximum Gasteiger partial charge on any atom is 0.229 e. The predicted molar refractivity (Wildman–Crippen MR) is 57.3 cm³/mol. The van der Waals surface area contributed by atoms with Gasteiger partial charge in [0.2, 0.25) is 5.91 Å². The number of nitrogens with one attached hydrogen (secondary N) is 2. The first kappa shape index (κ1) is 10.4. The lowest BCUT2D eigenvalue weighted by molar-refractivity contribution is -0.115. The number of aromatic amines is 1. The smallest absolute Gasteiger partial charge is 0.229 e. The second-order valence-corrected chi connectivity index (χ2v) is 3.31. The van der Waals surface area contributed by atoms with Crippen molar-refractivity contribution < 1.29 is 9.18 Å². The number of carbonyl (C=O) groups is 1. The van der Waals surface area contributed by atoms with Gasteiger partial charge in [0.1, 0.15) is 5.82 Å². The molecule has 4 nitrogen and oxygen atoms in total. The van der Waals surface area contributed by atoms with Crippen LogP contribution in [0.2, 0.25) is 0 Å². The number of amides is 1. The second-order valence-electron chi connectivity index (χ2n) is 3.31. The molecule has 1 amide bonds. The summed E-state index contributed by atoms with van der Waals surface area (Å²) < 4.78 is 12.8. The molecule has 0 aliphatic heterocycles. The average molecular weight is 219 g/mol. The maximum absolute atomic E-state index is 12.8. The molecular formula is C11H10FN3O. The first-order valence-electron chi connectivity index (χ1n) is 4.78. The Balaban J connectivity index is 1.97. The van der Waals surface area contributed by atoms with Crippen molar-refractivity contribution in [2.45, 2.75) is 6.42 Å². The standard InChI is InChI=1S/C11H10FN3O/c12-9-3-1-2-8(6-9)7-11(16)14-10-4-5-13-15-10/h1-6H,7H2,(H2,13,14,15,16). The van der Waals surface area contributed by atoms with E-state index in [9.17, 15) is 9.18 Å². The quantitative estimate of drug-likeness (QED) is 0.825. The highest BCUT2D eigenvalue weighted by atomic mass is 19.1. The van der Waals surface area contributed by atoms with Crippen LogP contribution in [0.1, 0.15) is 5.56 Å². The van der Waals surface area contributed by atoms with Crippen molar-refractivity contribution >= 4 is 11.7 Å². The number of halogens is 1. The van der Waals surface area contributed by atoms with Gasteiger partial charge < -0.3 is 5.32 Å². The van der Waals surface area contributed by atoms with Crippen molar-refractivity contribution in [3.63, 3.8) is 0 Å². The third-order valence-electron chi connectivity index (χ3n) is 2.02. The number of hydrogen-bond acceptors (Lipinski definition) is 2. The number of carbonyl (C=O) groups excluding carboxylic acids is 1. The zero-order chi connectivity index (χ0) is 11.4. The molecule has 82 valence electrons. The summed E-state index contributed by atoms with van der Waals surface area (Å²) in [4.78, 5) is 11.5. The van der Waals surface area contributed by atoms with E-state index < -0.39 is 0 Å². The Labute approximate surface area is 91.5 Å². The van der Waals surface area contributed by atoms with Crippen LogP contribution >= 0.6 is 0 Å². The number of nitrogens with zero attached hydrogens (tertiary/aromatic N) is 1. The van der Waals surface area contributed by atoms with Gasteiger partial charge in [0.25, 0.3) is 0 Å². The maximum atomic E-state index is 12.8. The van der Waals surface area contributed by atoms with Gasteiger partial charge in [0.15, 0.2) is 5.82 Å². The lowest BCUT2D eigenvalue weighted by Gasteiger charge is -2.01. The van der Waals surface area contributed by atoms with Gasteiger partial charge >= 0.3 is 0 Å². The highest BCUT2D eigenvalue weighted by Crippen LogP contribution is 2.06. The summed E-state index contributed by atoms with van der Waals surface area (Å²) in [6, 6.07) is 7.60. The monoisotopic (exact) mass is 219 g/mol. The summed E-state index contributed by atoms with van der Waals surface area (Å²) >= 11 is 0. The van der Waals surface area contributed by atoms with E-state index in [-0.39, 0.29) is 18.1 Å². The van der Waals surface area contributed by atoms with Crippen LogP contribution in [0.15, 0.2) is 36.5 Å². The second kappa shape index (κ2) is 4.57. The van der Waals surface area contributed by atoms with Crippen LogP contribution in [0.4, 0.5) is 10.2 Å². The number of anilines is 1. The molecule has 0 fully saturated rings. The number of benzene rings is 1. The Bertz CT molecular complexity index is 482. The normalized spacial score (nSPS) is 10.1. The highest BCUT2D eigenvalue weighted by Gasteiger charge is 2.05. The average Bonchev–Trinajstić information content (AvgIpc) is 2.70. The Morgan fingerprint density at radius 3 is 3.00 bits per heavy atom. The Morgan fingerprint density at radius 2 is 2.31 bits per heavy atom. The molecule has 0 spiro atoms. The Morgan fingerprint density at radius 1 is 1.44 bits per heavy atom. The molecule has 5 heteroatoms. The molecule has 0 saturated carbocycles. The van der Waals surface area contributed by atoms with Crippen molar-refractivity contribution in [2.75, 3.05) is 5.32 Å². The molecule has 0 bridgehead atoms. The third-order valence-corrected chi connectivity index (χ3v) is 2.02. The van der Waals surface area contributed by atoms with Gasteiger partial charge in [-0.3, -0.25) is 9.89 Å². The van der Waals surface area contributed by atoms with Crippen molar-refractivity contribution in [3.05, 3.63) is 47.9 Å². The van der Waals surface area contributed by atoms with E-state index >= 15 is 0 Å². The van der Waals surface area contributed by atoms with E-state index in [1.54, 1.807) is 24.4 Å². The first-order valence-corrected chi connectivity index (χ1v) is 4.78. The highest BCUT2D eigenvalue weighted by molar-refractivity contribution is 5.91. The minimum atomic E-state index is -0.343. The van der Waals surface area contributed by atoms with Crippen molar-refractivity contribution in [1.82, 2.24) is 10.2 Å². The summed E-state index contributed by atoms with van der Waals surface area (Å²) in [6.45, 7) is 0. The first-order chi connectivity index (χ1) is 7.74. The molecule has 0 aliphatic rings. The molecule has 0 atom stereocenters. The number of H-pyrrole nitrogens is 1. The van der Waals surface area contributed by atoms with Crippen LogP contribution in [-0.2, 0) is 11.2 Å². The van der Waals surface area contributed by atoms with Crippen LogP contribution in [0.5, 0.6) is 0 Å². The molecule has 2 N–H and O–H groups in total. The van der Waals surface area contributed by atoms with Gasteiger partial charge in [-0.05, 0) is 17.7 Å². The summed E-state index contributed by atoms with van der Waals surface area (Å²) in [5, 5.41) is 8.95. The summed E-state index contributed by atoms with van der Waals surface area (Å²) in [5.41, 5.74) is 0.632. The fraction of sp³-hybridized carbons (Fsp3) is 0.0909. The Kier molecular flexibility index (Phi) is 2.95. The molecule has 0 saturated heterocycles. The van der Waals surface area contributed by atoms with E-state index in [0.717, 1.165) is 0 Å². The van der Waals surface area contributed by atoms with E-state index in [1.165, 1.54) is 12.1 Å². The zero-order valence-corrected chi connectivity index (χ0v) is 8.40. The lowest BCUT2D eigenvalue weighted by Crippen LogP contribution is -2.14. The van der Waals surface area contributed by atoms with Crippen LogP contribution in [-0.4, -0.2) is 16.1 Å². The Hall–Kier alpha value is -2.17. The fourth-order valence-corrected chi connectivity index (χ4v) is 1.35. The topological polar surface area (TPSA) is 57.8 Å². The number of hydrogen-bond donors (Lipinski definition) is 2. The van der Waals surface area contributed by atoms with Gasteiger partial charge in [-0.15, -0.1) is 0 Å². The van der Waals surface area contributed by atoms with Crippen LogP contribution < -0.4 is 5.32 Å². The molecule has 1 heterocycles. The molecule has 0 unspecified atom stereocenters. The molecule has 1 aromatic heterocycles. The zero-order valence-electron chi connectivity index (χ0n) is 8.40. The van der Waals surface area contributed by atoms with Crippen molar-refractivity contribution in [1.29, 1.82) is 0 Å². The predicted octanol–water partition coefficient (Wildman–Crippen LogP) is 1.73. The summed E-state index contributed by atoms with van der Waals surface area (Å²) in [5.74, 6) is -0.107. The SMILES string of the molecule is O=C(Cc1cccc(F)c1)Nc1cc[nH]n1. The molecule has 0 aliphatic carbocycles. The van der Waals surface area contributed by atoms with Gasteiger partial charge in [-0.1, -0.05) is 12.1 Å². The largest absolute Gasteiger partial charge is 0.309 e. The summed E-state index contributed by atoms with van der Waals surface area (Å²) in [6.07, 6.45) is 1.74. The van der Waals surface area contributed by atoms with E-state index in [4.69, 9.17) is 0 Å². The van der Waals surface area contributed by atoms with Gasteiger partial charge in [0.05, 0.1) is 6.42 Å². The van der Waals surface area contributed by atoms with E-state index in [1.807, 2.05) is 0 Å². The molecule has 2 rings (SSSR count). The van der Waals surface area contributed by atoms with Gasteiger partial charge in [0, 0.05) is 12.3 Å².